The van der Waals surface area contributed by atoms with Crippen LogP contribution in [-0.2, 0) is 23.4 Å². The summed E-state index contributed by atoms with van der Waals surface area (Å²) in [5.41, 5.74) is 0. The van der Waals surface area contributed by atoms with E-state index in [0.717, 1.165) is 32.1 Å². The molecule has 318 valence electrons. The van der Waals surface area contributed by atoms with E-state index in [-0.39, 0.29) is 19.2 Å². The molecule has 0 heterocycles. The minimum absolute atomic E-state index is 0.0872. The molecule has 0 aromatic heterocycles. The van der Waals surface area contributed by atoms with Crippen molar-refractivity contribution < 1.29 is 33.1 Å². The third-order valence-corrected chi connectivity index (χ3v) is 11.1. The maximum atomic E-state index is 12.4. The first-order valence-electron chi connectivity index (χ1n) is 23.4. The highest BCUT2D eigenvalue weighted by Gasteiger charge is 2.21. The van der Waals surface area contributed by atoms with Crippen LogP contribution in [0.5, 0.6) is 0 Å². The van der Waals surface area contributed by atoms with Crippen LogP contribution in [0.1, 0.15) is 258 Å². The lowest BCUT2D eigenvalue weighted by atomic mass is 10.0. The average molecular weight is 775 g/mol. The molecule has 0 amide bonds. The second-order valence-corrected chi connectivity index (χ2v) is 17.3. The number of hydrogen-bond acceptors (Lipinski definition) is 5. The summed E-state index contributed by atoms with van der Waals surface area (Å²) in [6, 6.07) is 0. The largest absolute Gasteiger partial charge is 0.469 e. The van der Waals surface area contributed by atoms with Gasteiger partial charge in [-0.05, 0) is 12.8 Å². The van der Waals surface area contributed by atoms with Crippen molar-refractivity contribution in [3.8, 4) is 0 Å². The minimum atomic E-state index is -4.65. The van der Waals surface area contributed by atoms with E-state index in [0.29, 0.717) is 13.0 Å². The van der Waals surface area contributed by atoms with Crippen molar-refractivity contribution in [3.63, 3.8) is 0 Å². The predicted octanol–water partition coefficient (Wildman–Crippen LogP) is 14.9. The number of phosphoric acid groups is 1. The summed E-state index contributed by atoms with van der Waals surface area (Å²) in [5, 5.41) is 0. The number of carbonyl (C=O) groups excluding carboxylic acids is 1. The first-order chi connectivity index (χ1) is 25.9. The highest BCUT2D eigenvalue weighted by molar-refractivity contribution is 7.46. The summed E-state index contributed by atoms with van der Waals surface area (Å²) in [6.07, 6.45) is 48.2. The normalized spacial score (nSPS) is 12.5. The molecule has 0 unspecified atom stereocenters. The number of carbonyl (C=O) groups is 1. The summed E-state index contributed by atoms with van der Waals surface area (Å²) >= 11 is 0. The van der Waals surface area contributed by atoms with Crippen LogP contribution in [0.2, 0.25) is 0 Å². The molecule has 0 aliphatic rings. The number of hydrogen-bond donors (Lipinski definition) is 2. The van der Waals surface area contributed by atoms with E-state index >= 15 is 0 Å². The Morgan fingerprint density at radius 1 is 0.434 bits per heavy atom. The maximum Gasteiger partial charge on any atom is 0.469 e. The molecule has 0 fully saturated rings. The van der Waals surface area contributed by atoms with Crippen LogP contribution in [0, 0.1) is 0 Å². The van der Waals surface area contributed by atoms with Crippen LogP contribution in [-0.4, -0.2) is 41.7 Å². The Bertz CT molecular complexity index is 774. The van der Waals surface area contributed by atoms with Crippen molar-refractivity contribution >= 4 is 13.8 Å². The Morgan fingerprint density at radius 2 is 0.717 bits per heavy atom. The van der Waals surface area contributed by atoms with E-state index in [2.05, 4.69) is 18.4 Å². The van der Waals surface area contributed by atoms with Gasteiger partial charge in [0.15, 0.2) is 0 Å². The van der Waals surface area contributed by atoms with Crippen molar-refractivity contribution in [2.24, 2.45) is 0 Å². The van der Waals surface area contributed by atoms with E-state index in [9.17, 15) is 9.36 Å². The molecule has 0 rings (SSSR count). The zero-order chi connectivity index (χ0) is 38.8. The van der Waals surface area contributed by atoms with Crippen molar-refractivity contribution in [3.05, 3.63) is 0 Å². The Kier molecular flexibility index (Phi) is 42.3. The standard InChI is InChI=1S/C45H91O7P/c1-3-5-7-9-11-13-15-17-19-21-23-24-26-28-30-32-34-36-38-40-45(46)52-44(43-51-53(47,48)49)42-50-41-39-37-35-33-31-29-27-25-22-20-18-16-14-12-10-8-6-4-2/h44H,3-43H2,1-2H3,(H2,47,48,49)/t44-/m1/s1. The Labute approximate surface area is 329 Å². The van der Waals surface area contributed by atoms with Gasteiger partial charge in [0.2, 0.25) is 0 Å². The molecular weight excluding hydrogens is 683 g/mol. The van der Waals surface area contributed by atoms with Gasteiger partial charge in [0.1, 0.15) is 6.10 Å². The summed E-state index contributed by atoms with van der Waals surface area (Å²) in [4.78, 5) is 30.7. The van der Waals surface area contributed by atoms with Crippen LogP contribution >= 0.6 is 7.82 Å². The minimum Gasteiger partial charge on any atom is -0.457 e. The molecule has 0 radical (unpaired) electrons. The molecule has 0 aromatic carbocycles. The first-order valence-corrected chi connectivity index (χ1v) is 24.9. The van der Waals surface area contributed by atoms with Gasteiger partial charge in [0, 0.05) is 13.0 Å². The van der Waals surface area contributed by atoms with Crippen molar-refractivity contribution in [2.75, 3.05) is 19.8 Å². The third-order valence-electron chi connectivity index (χ3n) is 10.7. The van der Waals surface area contributed by atoms with Crippen LogP contribution in [0.3, 0.4) is 0 Å². The van der Waals surface area contributed by atoms with Crippen LogP contribution < -0.4 is 0 Å². The lowest BCUT2D eigenvalue weighted by molar-refractivity contribution is -0.154. The molecule has 0 saturated heterocycles. The van der Waals surface area contributed by atoms with E-state index in [4.69, 9.17) is 19.3 Å². The topological polar surface area (TPSA) is 102 Å². The zero-order valence-electron chi connectivity index (χ0n) is 35.5. The molecule has 53 heavy (non-hydrogen) atoms. The molecule has 8 heteroatoms. The lowest BCUT2D eigenvalue weighted by Gasteiger charge is -2.18. The fourth-order valence-electron chi connectivity index (χ4n) is 7.21. The van der Waals surface area contributed by atoms with E-state index in [1.165, 1.54) is 205 Å². The molecule has 2 N–H and O–H groups in total. The van der Waals surface area contributed by atoms with E-state index in [1.807, 2.05) is 0 Å². The molecule has 0 aromatic rings. The second-order valence-electron chi connectivity index (χ2n) is 16.1. The third kappa shape index (κ3) is 45.8. The monoisotopic (exact) mass is 775 g/mol. The van der Waals surface area contributed by atoms with Gasteiger partial charge in [-0.3, -0.25) is 9.32 Å². The molecule has 7 nitrogen and oxygen atoms in total. The van der Waals surface area contributed by atoms with Crippen molar-refractivity contribution in [1.82, 2.24) is 0 Å². The fraction of sp³-hybridized carbons (Fsp3) is 0.978. The summed E-state index contributed by atoms with van der Waals surface area (Å²) in [6.45, 7) is 4.82. The number of unbranched alkanes of at least 4 members (excludes halogenated alkanes) is 35. The smallest absolute Gasteiger partial charge is 0.457 e. The summed E-state index contributed by atoms with van der Waals surface area (Å²) < 4.78 is 27.1. The highest BCUT2D eigenvalue weighted by atomic mass is 31.2. The predicted molar refractivity (Wildman–Crippen MR) is 225 cm³/mol. The van der Waals surface area contributed by atoms with Gasteiger partial charge < -0.3 is 19.3 Å². The van der Waals surface area contributed by atoms with Gasteiger partial charge in [0.05, 0.1) is 13.2 Å². The Balaban J connectivity index is 3.69. The van der Waals surface area contributed by atoms with E-state index < -0.39 is 13.9 Å². The molecule has 0 bridgehead atoms. The molecular formula is C45H91O7P. The van der Waals surface area contributed by atoms with Gasteiger partial charge in [-0.2, -0.15) is 0 Å². The maximum absolute atomic E-state index is 12.4. The van der Waals surface area contributed by atoms with Crippen molar-refractivity contribution in [1.29, 1.82) is 0 Å². The molecule has 0 aliphatic carbocycles. The zero-order valence-corrected chi connectivity index (χ0v) is 36.3. The first kappa shape index (κ1) is 52.5. The quantitative estimate of drug-likeness (QED) is 0.0361. The Morgan fingerprint density at radius 3 is 1.02 bits per heavy atom. The van der Waals surface area contributed by atoms with E-state index in [1.54, 1.807) is 0 Å². The summed E-state index contributed by atoms with van der Waals surface area (Å²) in [7, 11) is -4.65. The average Bonchev–Trinajstić information content (AvgIpc) is 3.13. The number of rotatable bonds is 45. The lowest BCUT2D eigenvalue weighted by Crippen LogP contribution is -2.28. The molecule has 0 aliphatic heterocycles. The van der Waals surface area contributed by atoms with Gasteiger partial charge in [-0.15, -0.1) is 0 Å². The second kappa shape index (κ2) is 42.7. The van der Waals surface area contributed by atoms with Crippen molar-refractivity contribution in [2.45, 2.75) is 264 Å². The number of phosphoric ester groups is 1. The highest BCUT2D eigenvalue weighted by Crippen LogP contribution is 2.36. The molecule has 1 atom stereocenters. The van der Waals surface area contributed by atoms with Crippen LogP contribution in [0.15, 0.2) is 0 Å². The number of ether oxygens (including phenoxy) is 2. The van der Waals surface area contributed by atoms with Gasteiger partial charge in [0.25, 0.3) is 0 Å². The van der Waals surface area contributed by atoms with Gasteiger partial charge >= 0.3 is 13.8 Å². The van der Waals surface area contributed by atoms with Crippen LogP contribution in [0.4, 0.5) is 0 Å². The Hall–Kier alpha value is -0.460. The SMILES string of the molecule is CCCCCCCCCCCCCCCCCCCCCC(=O)O[C@H](COCCCCCCCCCCCCCCCCCCCC)COP(=O)(O)O. The fourth-order valence-corrected chi connectivity index (χ4v) is 7.57. The molecule has 0 spiro atoms. The van der Waals surface area contributed by atoms with Gasteiger partial charge in [-0.25, -0.2) is 4.57 Å². The summed E-state index contributed by atoms with van der Waals surface area (Å²) in [5.74, 6) is -0.354. The number of esters is 1. The van der Waals surface area contributed by atoms with Gasteiger partial charge in [-0.1, -0.05) is 239 Å². The molecule has 0 saturated carbocycles. The van der Waals surface area contributed by atoms with Crippen LogP contribution in [0.25, 0.3) is 0 Å².